The molecule has 1 rings (SSSR count). The van der Waals surface area contributed by atoms with Gasteiger partial charge < -0.3 is 10.6 Å². The molecule has 2 nitrogen and oxygen atoms in total. The van der Waals surface area contributed by atoms with Gasteiger partial charge >= 0.3 is 0 Å². The van der Waals surface area contributed by atoms with Gasteiger partial charge in [0.1, 0.15) is 0 Å². The molecule has 84 valence electrons. The normalized spacial score (nSPS) is 10.8. The van der Waals surface area contributed by atoms with Crippen molar-refractivity contribution in [2.75, 3.05) is 17.2 Å². The molecule has 0 amide bonds. The van der Waals surface area contributed by atoms with Gasteiger partial charge in [-0.2, -0.15) is 0 Å². The van der Waals surface area contributed by atoms with E-state index in [1.165, 1.54) is 11.3 Å². The highest BCUT2D eigenvalue weighted by Gasteiger charge is 2.12. The Labute approximate surface area is 97.0 Å². The van der Waals surface area contributed by atoms with Crippen LogP contribution >= 0.6 is 11.6 Å². The Bertz CT molecular complexity index is 348. The van der Waals surface area contributed by atoms with Crippen molar-refractivity contribution in [3.8, 4) is 0 Å². The van der Waals surface area contributed by atoms with Gasteiger partial charge in [0.2, 0.25) is 0 Å². The molecular weight excluding hydrogens is 208 g/mol. The molecule has 0 bridgehead atoms. The van der Waals surface area contributed by atoms with Crippen LogP contribution in [-0.2, 0) is 0 Å². The van der Waals surface area contributed by atoms with E-state index in [0.717, 1.165) is 6.54 Å². The topological polar surface area (TPSA) is 29.3 Å². The Morgan fingerprint density at radius 3 is 2.47 bits per heavy atom. The van der Waals surface area contributed by atoms with E-state index in [-0.39, 0.29) is 0 Å². The Kier molecular flexibility index (Phi) is 3.86. The molecule has 0 saturated heterocycles. The van der Waals surface area contributed by atoms with Gasteiger partial charge in [-0.15, -0.1) is 0 Å². The quantitative estimate of drug-likeness (QED) is 0.800. The second-order valence-corrected chi connectivity index (χ2v) is 4.45. The zero-order chi connectivity index (χ0) is 11.6. The van der Waals surface area contributed by atoms with Crippen molar-refractivity contribution in [1.82, 2.24) is 0 Å². The highest BCUT2D eigenvalue weighted by Crippen LogP contribution is 2.30. The second-order valence-electron chi connectivity index (χ2n) is 4.04. The summed E-state index contributed by atoms with van der Waals surface area (Å²) in [6.07, 6.45) is 0. The van der Waals surface area contributed by atoms with Crippen molar-refractivity contribution < 1.29 is 0 Å². The summed E-state index contributed by atoms with van der Waals surface area (Å²) >= 11 is 6.04. The monoisotopic (exact) mass is 226 g/mol. The van der Waals surface area contributed by atoms with Crippen molar-refractivity contribution >= 4 is 23.0 Å². The summed E-state index contributed by atoms with van der Waals surface area (Å²) in [4.78, 5) is 2.31. The van der Waals surface area contributed by atoms with Gasteiger partial charge in [-0.05, 0) is 45.4 Å². The van der Waals surface area contributed by atoms with Crippen molar-refractivity contribution in [1.29, 1.82) is 0 Å². The van der Waals surface area contributed by atoms with Crippen LogP contribution < -0.4 is 10.6 Å². The molecule has 0 aliphatic carbocycles. The van der Waals surface area contributed by atoms with E-state index in [2.05, 4.69) is 32.6 Å². The van der Waals surface area contributed by atoms with Gasteiger partial charge in [0.15, 0.2) is 0 Å². The van der Waals surface area contributed by atoms with Gasteiger partial charge in [-0.3, -0.25) is 0 Å². The van der Waals surface area contributed by atoms with E-state index in [1.807, 2.05) is 12.1 Å². The first-order valence-electron chi connectivity index (χ1n) is 5.29. The molecule has 1 aromatic rings. The van der Waals surface area contributed by atoms with Crippen LogP contribution in [0.4, 0.5) is 11.4 Å². The maximum Gasteiger partial charge on any atom is 0.0656 e. The minimum atomic E-state index is 0.466. The van der Waals surface area contributed by atoms with E-state index in [4.69, 9.17) is 17.3 Å². The van der Waals surface area contributed by atoms with Crippen molar-refractivity contribution in [2.24, 2.45) is 0 Å². The zero-order valence-electron chi connectivity index (χ0n) is 9.84. The average molecular weight is 227 g/mol. The Hall–Kier alpha value is -0.890. The van der Waals surface area contributed by atoms with E-state index in [9.17, 15) is 0 Å². The fourth-order valence-corrected chi connectivity index (χ4v) is 1.97. The van der Waals surface area contributed by atoms with Crippen molar-refractivity contribution in [3.63, 3.8) is 0 Å². The van der Waals surface area contributed by atoms with Gasteiger partial charge in [0, 0.05) is 18.3 Å². The van der Waals surface area contributed by atoms with Crippen LogP contribution in [0.2, 0.25) is 5.02 Å². The predicted molar refractivity (Wildman–Crippen MR) is 68.8 cm³/mol. The minimum Gasteiger partial charge on any atom is -0.398 e. The Morgan fingerprint density at radius 1 is 1.40 bits per heavy atom. The van der Waals surface area contributed by atoms with Crippen LogP contribution in [0.1, 0.15) is 26.3 Å². The number of nitrogens with zero attached hydrogens (tertiary/aromatic N) is 1. The first-order chi connectivity index (χ1) is 6.97. The molecule has 0 fully saturated rings. The third-order valence-electron chi connectivity index (χ3n) is 2.59. The molecule has 0 unspecified atom stereocenters. The first kappa shape index (κ1) is 12.2. The smallest absolute Gasteiger partial charge is 0.0656 e. The number of hydrogen-bond donors (Lipinski definition) is 1. The molecule has 0 spiro atoms. The number of hydrogen-bond acceptors (Lipinski definition) is 2. The lowest BCUT2D eigenvalue weighted by Gasteiger charge is -2.29. The van der Waals surface area contributed by atoms with Gasteiger partial charge in [-0.25, -0.2) is 0 Å². The predicted octanol–water partition coefficient (Wildman–Crippen LogP) is 3.47. The summed E-state index contributed by atoms with van der Waals surface area (Å²) in [6.45, 7) is 9.52. The van der Waals surface area contributed by atoms with Gasteiger partial charge in [0.05, 0.1) is 10.7 Å². The van der Waals surface area contributed by atoms with Crippen molar-refractivity contribution in [2.45, 2.75) is 33.7 Å². The van der Waals surface area contributed by atoms with Crippen LogP contribution in [0.3, 0.4) is 0 Å². The van der Waals surface area contributed by atoms with Crippen LogP contribution in [0, 0.1) is 6.92 Å². The summed E-state index contributed by atoms with van der Waals surface area (Å²) in [5, 5.41) is 0.634. The number of aryl methyl sites for hydroxylation is 1. The molecule has 2 N–H and O–H groups in total. The summed E-state index contributed by atoms with van der Waals surface area (Å²) in [5.74, 6) is 0. The summed E-state index contributed by atoms with van der Waals surface area (Å²) in [7, 11) is 0. The van der Waals surface area contributed by atoms with Crippen molar-refractivity contribution in [3.05, 3.63) is 22.7 Å². The molecule has 0 radical (unpaired) electrons. The van der Waals surface area contributed by atoms with Crippen LogP contribution in [-0.4, -0.2) is 12.6 Å². The largest absolute Gasteiger partial charge is 0.398 e. The molecular formula is C12H19ClN2. The summed E-state index contributed by atoms with van der Waals surface area (Å²) in [6, 6.07) is 4.35. The second kappa shape index (κ2) is 4.75. The molecule has 0 aromatic heterocycles. The maximum atomic E-state index is 6.04. The number of nitrogens with two attached hydrogens (primary N) is 1. The van der Waals surface area contributed by atoms with Gasteiger partial charge in [0.25, 0.3) is 0 Å². The third kappa shape index (κ3) is 2.57. The maximum absolute atomic E-state index is 6.04. The lowest BCUT2D eigenvalue weighted by atomic mass is 10.1. The van der Waals surface area contributed by atoms with Gasteiger partial charge in [-0.1, -0.05) is 11.6 Å². The molecule has 0 atom stereocenters. The third-order valence-corrected chi connectivity index (χ3v) is 2.92. The number of rotatable bonds is 3. The molecule has 0 aliphatic rings. The van der Waals surface area contributed by atoms with E-state index >= 15 is 0 Å². The number of halogens is 1. The highest BCUT2D eigenvalue weighted by molar-refractivity contribution is 6.33. The van der Waals surface area contributed by atoms with Crippen LogP contribution in [0.15, 0.2) is 12.1 Å². The fourth-order valence-electron chi connectivity index (χ4n) is 1.82. The zero-order valence-corrected chi connectivity index (χ0v) is 10.6. The number of nitrogen functional groups attached to an aromatic ring is 1. The van der Waals surface area contributed by atoms with E-state index in [1.54, 1.807) is 0 Å². The Balaban J connectivity index is 3.18. The number of benzene rings is 1. The molecule has 0 saturated carbocycles. The lowest BCUT2D eigenvalue weighted by Crippen LogP contribution is -2.30. The highest BCUT2D eigenvalue weighted by atomic mass is 35.5. The Morgan fingerprint density at radius 2 is 2.00 bits per heavy atom. The van der Waals surface area contributed by atoms with E-state index < -0.39 is 0 Å². The molecule has 0 aliphatic heterocycles. The molecule has 3 heteroatoms. The number of anilines is 2. The molecule has 1 aromatic carbocycles. The summed E-state index contributed by atoms with van der Waals surface area (Å²) in [5.41, 5.74) is 8.75. The minimum absolute atomic E-state index is 0.466. The first-order valence-corrected chi connectivity index (χ1v) is 5.67. The average Bonchev–Trinajstić information content (AvgIpc) is 2.14. The standard InChI is InChI=1S/C12H19ClN2/c1-5-15(8(2)3)12-7-10(13)11(14)6-9(12)4/h6-8H,5,14H2,1-4H3. The molecule has 0 heterocycles. The molecule has 15 heavy (non-hydrogen) atoms. The SMILES string of the molecule is CCN(c1cc(Cl)c(N)cc1C)C(C)C. The van der Waals surface area contributed by atoms with Crippen LogP contribution in [0.25, 0.3) is 0 Å². The van der Waals surface area contributed by atoms with E-state index in [0.29, 0.717) is 16.8 Å². The lowest BCUT2D eigenvalue weighted by molar-refractivity contribution is 0.702. The fraction of sp³-hybridized carbons (Fsp3) is 0.500. The van der Waals surface area contributed by atoms with Crippen LogP contribution in [0.5, 0.6) is 0 Å². The summed E-state index contributed by atoms with van der Waals surface area (Å²) < 4.78 is 0.